The molecule has 2 aromatic carbocycles. The molecule has 3 aromatic rings. The van der Waals surface area contributed by atoms with Gasteiger partial charge in [0.05, 0.1) is 21.7 Å². The van der Waals surface area contributed by atoms with Crippen LogP contribution in [0.4, 0.5) is 14.9 Å². The number of carbonyl (C=O) groups is 4. The lowest BCUT2D eigenvalue weighted by Crippen LogP contribution is -2.35. The Morgan fingerprint density at radius 3 is 2.26 bits per heavy atom. The molecular formula is C22H15FN2O4S2. The van der Waals surface area contributed by atoms with Crippen LogP contribution >= 0.6 is 24.0 Å². The second-order valence-electron chi connectivity index (χ2n) is 6.73. The SMILES string of the molecule is O=C1c2ccccc2C(=O)N1CCc1cc(F)ccc1N(C(=O)S)C(=O)c1cccs1. The van der Waals surface area contributed by atoms with Crippen LogP contribution in [-0.4, -0.2) is 34.4 Å². The summed E-state index contributed by atoms with van der Waals surface area (Å²) in [5.41, 5.74) is 1.07. The summed E-state index contributed by atoms with van der Waals surface area (Å²) in [6.07, 6.45) is 0.0494. The normalized spacial score (nSPS) is 12.8. The van der Waals surface area contributed by atoms with Crippen LogP contribution in [0.15, 0.2) is 60.0 Å². The third-order valence-electron chi connectivity index (χ3n) is 4.89. The molecule has 0 N–H and O–H groups in total. The van der Waals surface area contributed by atoms with Crippen molar-refractivity contribution >= 4 is 52.6 Å². The number of hydrogen-bond donors (Lipinski definition) is 1. The number of thiol groups is 1. The molecule has 9 heteroatoms. The van der Waals surface area contributed by atoms with E-state index in [1.54, 1.807) is 41.8 Å². The molecule has 0 saturated heterocycles. The molecule has 31 heavy (non-hydrogen) atoms. The first-order chi connectivity index (χ1) is 14.9. The van der Waals surface area contributed by atoms with Gasteiger partial charge in [-0.25, -0.2) is 9.29 Å². The van der Waals surface area contributed by atoms with Crippen LogP contribution in [0.25, 0.3) is 0 Å². The molecule has 0 atom stereocenters. The minimum absolute atomic E-state index is 0.0371. The maximum Gasteiger partial charge on any atom is 0.290 e. The zero-order valence-electron chi connectivity index (χ0n) is 15.9. The van der Waals surface area contributed by atoms with Gasteiger partial charge < -0.3 is 0 Å². The molecule has 1 aliphatic heterocycles. The Bertz CT molecular complexity index is 1170. The molecule has 4 amide bonds. The molecule has 0 fully saturated rings. The van der Waals surface area contributed by atoms with Crippen molar-refractivity contribution in [1.82, 2.24) is 4.90 Å². The van der Waals surface area contributed by atoms with Gasteiger partial charge in [-0.2, -0.15) is 0 Å². The maximum atomic E-state index is 14.0. The summed E-state index contributed by atoms with van der Waals surface area (Å²) in [4.78, 5) is 52.5. The van der Waals surface area contributed by atoms with Crippen LogP contribution in [0.3, 0.4) is 0 Å². The smallest absolute Gasteiger partial charge is 0.274 e. The van der Waals surface area contributed by atoms with E-state index in [9.17, 15) is 23.6 Å². The number of rotatable bonds is 5. The second kappa shape index (κ2) is 8.44. The number of imide groups is 2. The summed E-state index contributed by atoms with van der Waals surface area (Å²) in [7, 11) is 0. The standard InChI is InChI=1S/C22H15FN2O4S2/c23-14-7-8-17(25(22(29)30)21(28)18-6-3-11-31-18)13(12-14)9-10-24-19(26)15-4-1-2-5-16(15)20(24)27/h1-8,11-12H,9-10H2,(H,29,30). The molecule has 156 valence electrons. The lowest BCUT2D eigenvalue weighted by molar-refractivity contribution is 0.0655. The van der Waals surface area contributed by atoms with Crippen LogP contribution in [0.5, 0.6) is 0 Å². The quantitative estimate of drug-likeness (QED) is 0.457. The summed E-state index contributed by atoms with van der Waals surface area (Å²) >= 11 is 4.98. The highest BCUT2D eigenvalue weighted by molar-refractivity contribution is 7.97. The van der Waals surface area contributed by atoms with Gasteiger partial charge in [-0.05, 0) is 53.8 Å². The van der Waals surface area contributed by atoms with Crippen molar-refractivity contribution in [3.63, 3.8) is 0 Å². The van der Waals surface area contributed by atoms with Gasteiger partial charge in [-0.3, -0.25) is 24.1 Å². The van der Waals surface area contributed by atoms with Crippen LogP contribution in [0.1, 0.15) is 36.0 Å². The number of nitrogens with zero attached hydrogens (tertiary/aromatic N) is 2. The maximum absolute atomic E-state index is 14.0. The minimum atomic E-state index is -0.827. The average molecular weight is 455 g/mol. The van der Waals surface area contributed by atoms with Gasteiger partial charge in [0.1, 0.15) is 5.82 Å². The van der Waals surface area contributed by atoms with E-state index in [-0.39, 0.29) is 18.7 Å². The number of amides is 4. The number of hydrogen-bond acceptors (Lipinski definition) is 5. The summed E-state index contributed by atoms with van der Waals surface area (Å²) < 4.78 is 14.0. The fraction of sp³-hybridized carbons (Fsp3) is 0.0909. The van der Waals surface area contributed by atoms with Crippen molar-refractivity contribution in [3.8, 4) is 0 Å². The number of anilines is 1. The first kappa shape index (κ1) is 21.0. The molecule has 2 heterocycles. The molecule has 0 saturated carbocycles. The predicted octanol–water partition coefficient (Wildman–Crippen LogP) is 4.42. The highest BCUT2D eigenvalue weighted by Gasteiger charge is 2.35. The average Bonchev–Trinajstić information content (AvgIpc) is 3.36. The van der Waals surface area contributed by atoms with Crippen molar-refractivity contribution in [2.24, 2.45) is 0 Å². The molecule has 0 spiro atoms. The van der Waals surface area contributed by atoms with Gasteiger partial charge in [-0.1, -0.05) is 30.8 Å². The Balaban J connectivity index is 1.63. The number of benzene rings is 2. The Morgan fingerprint density at radius 1 is 1.00 bits per heavy atom. The molecule has 4 rings (SSSR count). The van der Waals surface area contributed by atoms with Crippen molar-refractivity contribution in [3.05, 3.63) is 87.4 Å². The number of fused-ring (bicyclic) bond motifs is 1. The second-order valence-corrected chi connectivity index (χ2v) is 8.06. The van der Waals surface area contributed by atoms with E-state index in [0.717, 1.165) is 27.2 Å². The van der Waals surface area contributed by atoms with E-state index in [2.05, 4.69) is 12.6 Å². The Labute approximate surface area is 186 Å². The summed E-state index contributed by atoms with van der Waals surface area (Å²) in [5.74, 6) is -2.04. The molecule has 1 aliphatic rings. The van der Waals surface area contributed by atoms with E-state index in [0.29, 0.717) is 21.6 Å². The number of thiophene rings is 1. The third kappa shape index (κ3) is 3.89. The Morgan fingerprint density at radius 2 is 1.68 bits per heavy atom. The summed E-state index contributed by atoms with van der Waals surface area (Å²) in [5, 5.41) is 0.870. The first-order valence-electron chi connectivity index (χ1n) is 9.23. The molecule has 6 nitrogen and oxygen atoms in total. The van der Waals surface area contributed by atoms with E-state index in [4.69, 9.17) is 0 Å². The van der Waals surface area contributed by atoms with Crippen LogP contribution in [-0.2, 0) is 6.42 Å². The van der Waals surface area contributed by atoms with Crippen molar-refractivity contribution in [2.45, 2.75) is 6.42 Å². The summed E-state index contributed by atoms with van der Waals surface area (Å²) in [6.45, 7) is -0.0371. The number of halogens is 1. The Hall–Kier alpha value is -3.30. The lowest BCUT2D eigenvalue weighted by atomic mass is 10.1. The van der Waals surface area contributed by atoms with Gasteiger partial charge in [-0.15, -0.1) is 11.3 Å². The van der Waals surface area contributed by atoms with E-state index in [1.165, 1.54) is 12.1 Å². The van der Waals surface area contributed by atoms with Gasteiger partial charge in [0, 0.05) is 6.54 Å². The molecule has 0 radical (unpaired) electrons. The van der Waals surface area contributed by atoms with Crippen molar-refractivity contribution in [2.75, 3.05) is 11.4 Å². The fourth-order valence-electron chi connectivity index (χ4n) is 3.46. The summed E-state index contributed by atoms with van der Waals surface area (Å²) in [6, 6.07) is 13.4. The fourth-order valence-corrected chi connectivity index (χ4v) is 4.31. The zero-order chi connectivity index (χ0) is 22.1. The highest BCUT2D eigenvalue weighted by Crippen LogP contribution is 2.28. The molecule has 0 bridgehead atoms. The van der Waals surface area contributed by atoms with Gasteiger partial charge >= 0.3 is 0 Å². The van der Waals surface area contributed by atoms with Crippen LogP contribution in [0, 0.1) is 5.82 Å². The van der Waals surface area contributed by atoms with Gasteiger partial charge in [0.15, 0.2) is 0 Å². The van der Waals surface area contributed by atoms with Crippen molar-refractivity contribution < 1.29 is 23.6 Å². The predicted molar refractivity (Wildman–Crippen MR) is 117 cm³/mol. The molecule has 1 aromatic heterocycles. The third-order valence-corrected chi connectivity index (χ3v) is 5.95. The molecule has 0 aliphatic carbocycles. The minimum Gasteiger partial charge on any atom is -0.274 e. The Kier molecular flexibility index (Phi) is 5.71. The van der Waals surface area contributed by atoms with E-state index >= 15 is 0 Å². The molecular weight excluding hydrogens is 439 g/mol. The highest BCUT2D eigenvalue weighted by atomic mass is 32.1. The molecule has 0 unspecified atom stereocenters. The van der Waals surface area contributed by atoms with E-state index < -0.39 is 28.8 Å². The largest absolute Gasteiger partial charge is 0.290 e. The monoisotopic (exact) mass is 454 g/mol. The topological polar surface area (TPSA) is 74.8 Å². The van der Waals surface area contributed by atoms with Gasteiger partial charge in [0.25, 0.3) is 23.0 Å². The van der Waals surface area contributed by atoms with E-state index in [1.807, 2.05) is 0 Å². The van der Waals surface area contributed by atoms with Gasteiger partial charge in [0.2, 0.25) is 0 Å². The van der Waals surface area contributed by atoms with Crippen molar-refractivity contribution in [1.29, 1.82) is 0 Å². The van der Waals surface area contributed by atoms with Crippen LogP contribution in [0.2, 0.25) is 0 Å². The zero-order valence-corrected chi connectivity index (χ0v) is 17.7. The lowest BCUT2D eigenvalue weighted by Gasteiger charge is -2.22. The van der Waals surface area contributed by atoms with Crippen LogP contribution < -0.4 is 4.90 Å². The first-order valence-corrected chi connectivity index (χ1v) is 10.6. The number of carbonyl (C=O) groups excluding carboxylic acids is 4.